The van der Waals surface area contributed by atoms with Crippen LogP contribution in [0.3, 0.4) is 0 Å². The normalized spacial score (nSPS) is 41.4. The SMILES string of the molecule is C(CN[C@H]1[C@H]2CCO[C@H]2C12CCC2)CO[C@@H]1CCOC1. The van der Waals surface area contributed by atoms with Gasteiger partial charge in [0.05, 0.1) is 18.8 Å². The van der Waals surface area contributed by atoms with E-state index in [1.807, 2.05) is 0 Å². The number of nitrogens with one attached hydrogen (secondary N) is 1. The monoisotopic (exact) mass is 281 g/mol. The first-order chi connectivity index (χ1) is 9.90. The van der Waals surface area contributed by atoms with Crippen LogP contribution in [0.25, 0.3) is 0 Å². The molecule has 4 fully saturated rings. The van der Waals surface area contributed by atoms with Crippen LogP contribution in [0.4, 0.5) is 0 Å². The molecule has 4 rings (SSSR count). The van der Waals surface area contributed by atoms with Crippen molar-refractivity contribution in [2.24, 2.45) is 11.3 Å². The Morgan fingerprint density at radius 2 is 2.15 bits per heavy atom. The summed E-state index contributed by atoms with van der Waals surface area (Å²) in [5.74, 6) is 0.791. The highest BCUT2D eigenvalue weighted by molar-refractivity contribution is 5.18. The maximum absolute atomic E-state index is 5.96. The number of hydrogen-bond acceptors (Lipinski definition) is 4. The van der Waals surface area contributed by atoms with Crippen molar-refractivity contribution in [3.63, 3.8) is 0 Å². The maximum Gasteiger partial charge on any atom is 0.0830 e. The molecule has 0 aromatic rings. The predicted octanol–water partition coefficient (Wildman–Crippen LogP) is 1.73. The molecule has 0 unspecified atom stereocenters. The molecule has 114 valence electrons. The molecule has 4 aliphatic rings. The van der Waals surface area contributed by atoms with Crippen molar-refractivity contribution in [3.8, 4) is 0 Å². The van der Waals surface area contributed by atoms with Gasteiger partial charge in [0.25, 0.3) is 0 Å². The van der Waals surface area contributed by atoms with Crippen molar-refractivity contribution in [3.05, 3.63) is 0 Å². The van der Waals surface area contributed by atoms with Gasteiger partial charge in [0, 0.05) is 37.2 Å². The molecule has 20 heavy (non-hydrogen) atoms. The van der Waals surface area contributed by atoms with Gasteiger partial charge in [-0.15, -0.1) is 0 Å². The fraction of sp³-hybridized carbons (Fsp3) is 1.00. The van der Waals surface area contributed by atoms with Crippen molar-refractivity contribution >= 4 is 0 Å². The summed E-state index contributed by atoms with van der Waals surface area (Å²) in [6.07, 6.45) is 8.53. The van der Waals surface area contributed by atoms with Gasteiger partial charge < -0.3 is 19.5 Å². The van der Waals surface area contributed by atoms with E-state index in [2.05, 4.69) is 5.32 Å². The summed E-state index contributed by atoms with van der Waals surface area (Å²) in [7, 11) is 0. The van der Waals surface area contributed by atoms with Crippen LogP contribution >= 0.6 is 0 Å². The van der Waals surface area contributed by atoms with E-state index in [4.69, 9.17) is 14.2 Å². The van der Waals surface area contributed by atoms with Crippen molar-refractivity contribution in [2.45, 2.75) is 56.8 Å². The van der Waals surface area contributed by atoms with Crippen molar-refractivity contribution in [2.75, 3.05) is 33.0 Å². The quantitative estimate of drug-likeness (QED) is 0.753. The van der Waals surface area contributed by atoms with Crippen LogP contribution in [0.5, 0.6) is 0 Å². The molecule has 0 bridgehead atoms. The molecule has 2 aliphatic carbocycles. The molecule has 4 heteroatoms. The first-order valence-electron chi connectivity index (χ1n) is 8.44. The van der Waals surface area contributed by atoms with Crippen LogP contribution < -0.4 is 5.32 Å². The summed E-state index contributed by atoms with van der Waals surface area (Å²) < 4.78 is 17.1. The lowest BCUT2D eigenvalue weighted by Crippen LogP contribution is -2.71. The number of hydrogen-bond donors (Lipinski definition) is 1. The second-order valence-corrected chi connectivity index (χ2v) is 6.97. The van der Waals surface area contributed by atoms with E-state index >= 15 is 0 Å². The molecule has 4 nitrogen and oxygen atoms in total. The van der Waals surface area contributed by atoms with Gasteiger partial charge >= 0.3 is 0 Å². The average Bonchev–Trinajstić information content (AvgIpc) is 3.02. The van der Waals surface area contributed by atoms with Crippen molar-refractivity contribution < 1.29 is 14.2 Å². The van der Waals surface area contributed by atoms with Crippen LogP contribution in [0, 0.1) is 11.3 Å². The summed E-state index contributed by atoms with van der Waals surface area (Å²) in [5, 5.41) is 3.82. The molecule has 0 aromatic carbocycles. The molecule has 2 heterocycles. The summed E-state index contributed by atoms with van der Waals surface area (Å²) in [5.41, 5.74) is 0.515. The van der Waals surface area contributed by atoms with Crippen molar-refractivity contribution in [1.29, 1.82) is 0 Å². The molecule has 0 radical (unpaired) electrons. The molecular formula is C16H27NO3. The Bertz CT molecular complexity index is 339. The number of rotatable bonds is 6. The molecule has 2 aliphatic heterocycles. The van der Waals surface area contributed by atoms with Crippen LogP contribution in [-0.2, 0) is 14.2 Å². The zero-order valence-corrected chi connectivity index (χ0v) is 12.3. The highest BCUT2D eigenvalue weighted by atomic mass is 16.5. The lowest BCUT2D eigenvalue weighted by Gasteiger charge is -2.63. The van der Waals surface area contributed by atoms with Gasteiger partial charge in [-0.2, -0.15) is 0 Å². The van der Waals surface area contributed by atoms with Gasteiger partial charge in [0.15, 0.2) is 0 Å². The number of ether oxygens (including phenoxy) is 3. The Kier molecular flexibility index (Phi) is 3.75. The van der Waals surface area contributed by atoms with Gasteiger partial charge in [0.2, 0.25) is 0 Å². The minimum Gasteiger partial charge on any atom is -0.379 e. The average molecular weight is 281 g/mol. The summed E-state index contributed by atoms with van der Waals surface area (Å²) >= 11 is 0. The molecular weight excluding hydrogens is 254 g/mol. The van der Waals surface area contributed by atoms with E-state index in [0.717, 1.165) is 57.8 Å². The molecule has 1 N–H and O–H groups in total. The van der Waals surface area contributed by atoms with Gasteiger partial charge in [-0.25, -0.2) is 0 Å². The van der Waals surface area contributed by atoms with Crippen LogP contribution in [0.2, 0.25) is 0 Å². The Morgan fingerprint density at radius 3 is 2.90 bits per heavy atom. The van der Waals surface area contributed by atoms with Crippen LogP contribution in [0.1, 0.15) is 38.5 Å². The highest BCUT2D eigenvalue weighted by Gasteiger charge is 2.66. The fourth-order valence-electron chi connectivity index (χ4n) is 4.78. The zero-order valence-electron chi connectivity index (χ0n) is 12.3. The van der Waals surface area contributed by atoms with E-state index in [1.165, 1.54) is 25.7 Å². The summed E-state index contributed by atoms with van der Waals surface area (Å²) in [6, 6.07) is 0.721. The minimum atomic E-state index is 0.351. The van der Waals surface area contributed by atoms with Gasteiger partial charge in [0.1, 0.15) is 0 Å². The standard InChI is InChI=1S/C16H27NO3/c1-5-16(6-1)14(13-4-10-20-15(13)16)17-7-2-8-19-12-3-9-18-11-12/h12-15,17H,1-11H2/t12-,13-,14+,15-/m1/s1. The van der Waals surface area contributed by atoms with Crippen LogP contribution in [0.15, 0.2) is 0 Å². The second kappa shape index (κ2) is 5.56. The number of fused-ring (bicyclic) bond motifs is 2. The minimum absolute atomic E-state index is 0.351. The molecule has 2 saturated heterocycles. The summed E-state index contributed by atoms with van der Waals surface area (Å²) in [4.78, 5) is 0. The van der Waals surface area contributed by atoms with E-state index < -0.39 is 0 Å². The lowest BCUT2D eigenvalue weighted by molar-refractivity contribution is -0.176. The smallest absolute Gasteiger partial charge is 0.0830 e. The van der Waals surface area contributed by atoms with E-state index in [0.29, 0.717) is 17.6 Å². The Morgan fingerprint density at radius 1 is 1.20 bits per heavy atom. The largest absolute Gasteiger partial charge is 0.379 e. The highest BCUT2D eigenvalue weighted by Crippen LogP contribution is 2.62. The third-order valence-corrected chi connectivity index (χ3v) is 5.96. The molecule has 0 aromatic heterocycles. The lowest BCUT2D eigenvalue weighted by atomic mass is 9.46. The maximum atomic E-state index is 5.96. The van der Waals surface area contributed by atoms with Crippen LogP contribution in [-0.4, -0.2) is 51.2 Å². The van der Waals surface area contributed by atoms with E-state index in [-0.39, 0.29) is 0 Å². The third-order valence-electron chi connectivity index (χ3n) is 5.96. The Hall–Kier alpha value is -0.160. The molecule has 2 saturated carbocycles. The Balaban J connectivity index is 1.18. The van der Waals surface area contributed by atoms with Gasteiger partial charge in [-0.05, 0) is 38.6 Å². The topological polar surface area (TPSA) is 39.7 Å². The summed E-state index contributed by atoms with van der Waals surface area (Å²) in [6.45, 7) is 4.60. The van der Waals surface area contributed by atoms with E-state index in [1.54, 1.807) is 0 Å². The zero-order chi connectivity index (χ0) is 13.4. The molecule has 4 atom stereocenters. The van der Waals surface area contributed by atoms with Gasteiger partial charge in [-0.3, -0.25) is 0 Å². The van der Waals surface area contributed by atoms with Crippen molar-refractivity contribution in [1.82, 2.24) is 5.32 Å². The first-order valence-corrected chi connectivity index (χ1v) is 8.44. The van der Waals surface area contributed by atoms with E-state index in [9.17, 15) is 0 Å². The fourth-order valence-corrected chi connectivity index (χ4v) is 4.78. The predicted molar refractivity (Wildman–Crippen MR) is 75.7 cm³/mol. The Labute approximate surface area is 121 Å². The van der Waals surface area contributed by atoms with Gasteiger partial charge in [-0.1, -0.05) is 6.42 Å². The second-order valence-electron chi connectivity index (χ2n) is 6.97. The molecule has 1 spiro atoms. The molecule has 0 amide bonds. The third kappa shape index (κ3) is 2.12. The first kappa shape index (κ1) is 13.5.